The van der Waals surface area contributed by atoms with E-state index in [4.69, 9.17) is 0 Å². The van der Waals surface area contributed by atoms with Crippen LogP contribution in [0.5, 0.6) is 5.88 Å². The standard InChI is InChI=1S/C6H3BrF2INO/c7-3-1-2-4(10)11-5(3)12-6(8)9/h1-2,6H. The minimum Gasteiger partial charge on any atom is -0.416 e. The van der Waals surface area contributed by atoms with Gasteiger partial charge in [0.2, 0.25) is 5.88 Å². The molecule has 0 radical (unpaired) electrons. The Morgan fingerprint density at radius 1 is 1.50 bits per heavy atom. The lowest BCUT2D eigenvalue weighted by molar-refractivity contribution is -0.0535. The lowest BCUT2D eigenvalue weighted by Gasteiger charge is -2.04. The molecule has 0 unspecified atom stereocenters. The molecule has 0 N–H and O–H groups in total. The van der Waals surface area contributed by atoms with Crippen molar-refractivity contribution in [2.75, 3.05) is 0 Å². The first-order valence-electron chi connectivity index (χ1n) is 2.86. The number of alkyl halides is 2. The summed E-state index contributed by atoms with van der Waals surface area (Å²) in [4.78, 5) is 3.75. The number of hydrogen-bond donors (Lipinski definition) is 0. The summed E-state index contributed by atoms with van der Waals surface area (Å²) >= 11 is 4.95. The van der Waals surface area contributed by atoms with Gasteiger partial charge in [-0.25, -0.2) is 4.98 Å². The topological polar surface area (TPSA) is 22.1 Å². The highest BCUT2D eigenvalue weighted by atomic mass is 127. The second-order valence-corrected chi connectivity index (χ2v) is 3.76. The van der Waals surface area contributed by atoms with Crippen molar-refractivity contribution >= 4 is 38.5 Å². The molecule has 66 valence electrons. The highest BCUT2D eigenvalue weighted by Crippen LogP contribution is 2.24. The maximum Gasteiger partial charge on any atom is 0.388 e. The predicted molar refractivity (Wildman–Crippen MR) is 51.3 cm³/mol. The van der Waals surface area contributed by atoms with E-state index in [0.29, 0.717) is 8.17 Å². The lowest BCUT2D eigenvalue weighted by atomic mass is 10.5. The zero-order valence-corrected chi connectivity index (χ0v) is 9.34. The van der Waals surface area contributed by atoms with Crippen LogP contribution in [0, 0.1) is 3.70 Å². The normalized spacial score (nSPS) is 10.4. The summed E-state index contributed by atoms with van der Waals surface area (Å²) in [5, 5.41) is 0. The van der Waals surface area contributed by atoms with Crippen LogP contribution in [0.1, 0.15) is 0 Å². The highest BCUT2D eigenvalue weighted by molar-refractivity contribution is 14.1. The van der Waals surface area contributed by atoms with Gasteiger partial charge in [0, 0.05) is 0 Å². The van der Waals surface area contributed by atoms with Gasteiger partial charge in [0.05, 0.1) is 4.47 Å². The van der Waals surface area contributed by atoms with Crippen LogP contribution >= 0.6 is 38.5 Å². The minimum atomic E-state index is -2.84. The van der Waals surface area contributed by atoms with Crippen molar-refractivity contribution in [3.63, 3.8) is 0 Å². The molecule has 0 spiro atoms. The van der Waals surface area contributed by atoms with Gasteiger partial charge < -0.3 is 4.74 Å². The second-order valence-electron chi connectivity index (χ2n) is 1.80. The van der Waals surface area contributed by atoms with Gasteiger partial charge in [-0.1, -0.05) is 0 Å². The molecule has 0 aliphatic heterocycles. The predicted octanol–water partition coefficient (Wildman–Crippen LogP) is 3.05. The van der Waals surface area contributed by atoms with Crippen LogP contribution in [0.25, 0.3) is 0 Å². The maximum absolute atomic E-state index is 11.7. The van der Waals surface area contributed by atoms with E-state index >= 15 is 0 Å². The van der Waals surface area contributed by atoms with Gasteiger partial charge in [-0.3, -0.25) is 0 Å². The zero-order valence-electron chi connectivity index (χ0n) is 5.60. The van der Waals surface area contributed by atoms with E-state index in [1.54, 1.807) is 12.1 Å². The van der Waals surface area contributed by atoms with Gasteiger partial charge in [-0.2, -0.15) is 8.78 Å². The summed E-state index contributed by atoms with van der Waals surface area (Å²) in [6.07, 6.45) is 0. The van der Waals surface area contributed by atoms with Crippen LogP contribution in [-0.2, 0) is 0 Å². The van der Waals surface area contributed by atoms with Crippen molar-refractivity contribution < 1.29 is 13.5 Å². The van der Waals surface area contributed by atoms with Crippen LogP contribution in [0.3, 0.4) is 0 Å². The zero-order chi connectivity index (χ0) is 9.14. The number of nitrogens with zero attached hydrogens (tertiary/aromatic N) is 1. The Morgan fingerprint density at radius 2 is 2.17 bits per heavy atom. The molecule has 1 rings (SSSR count). The summed E-state index contributed by atoms with van der Waals surface area (Å²) in [6.45, 7) is -2.84. The molecular formula is C6H3BrF2INO. The first-order valence-corrected chi connectivity index (χ1v) is 4.73. The van der Waals surface area contributed by atoms with Gasteiger partial charge in [0.15, 0.2) is 0 Å². The third kappa shape index (κ3) is 2.81. The fourth-order valence-electron chi connectivity index (χ4n) is 0.568. The molecule has 0 aromatic carbocycles. The highest BCUT2D eigenvalue weighted by Gasteiger charge is 2.09. The number of ether oxygens (including phenoxy) is 1. The van der Waals surface area contributed by atoms with Crippen LogP contribution in [0.4, 0.5) is 8.78 Å². The van der Waals surface area contributed by atoms with Gasteiger partial charge in [-0.15, -0.1) is 0 Å². The van der Waals surface area contributed by atoms with E-state index in [1.165, 1.54) is 0 Å². The van der Waals surface area contributed by atoms with Crippen molar-refractivity contribution in [3.8, 4) is 5.88 Å². The van der Waals surface area contributed by atoms with Crippen molar-refractivity contribution in [2.24, 2.45) is 0 Å². The monoisotopic (exact) mass is 349 g/mol. The van der Waals surface area contributed by atoms with Crippen LogP contribution in [-0.4, -0.2) is 11.6 Å². The Kier molecular flexibility index (Phi) is 3.63. The number of rotatable bonds is 2. The van der Waals surface area contributed by atoms with Gasteiger partial charge in [0.1, 0.15) is 3.70 Å². The van der Waals surface area contributed by atoms with Crippen LogP contribution in [0.2, 0.25) is 0 Å². The first-order chi connectivity index (χ1) is 5.59. The van der Waals surface area contributed by atoms with Crippen LogP contribution < -0.4 is 4.74 Å². The van der Waals surface area contributed by atoms with E-state index in [9.17, 15) is 8.78 Å². The van der Waals surface area contributed by atoms with E-state index < -0.39 is 6.61 Å². The summed E-state index contributed by atoms with van der Waals surface area (Å²) < 4.78 is 28.6. The van der Waals surface area contributed by atoms with Crippen molar-refractivity contribution in [1.82, 2.24) is 4.98 Å². The van der Waals surface area contributed by atoms with Gasteiger partial charge in [0.25, 0.3) is 0 Å². The third-order valence-corrected chi connectivity index (χ3v) is 2.18. The van der Waals surface area contributed by atoms with Crippen molar-refractivity contribution in [1.29, 1.82) is 0 Å². The van der Waals surface area contributed by atoms with Crippen molar-refractivity contribution in [2.45, 2.75) is 6.61 Å². The molecule has 0 atom stereocenters. The molecule has 0 fully saturated rings. The number of aromatic nitrogens is 1. The maximum atomic E-state index is 11.7. The first kappa shape index (κ1) is 10.1. The van der Waals surface area contributed by atoms with Crippen molar-refractivity contribution in [3.05, 3.63) is 20.3 Å². The molecule has 1 aromatic heterocycles. The molecule has 0 bridgehead atoms. The summed E-state index contributed by atoms with van der Waals surface area (Å²) in [6, 6.07) is 3.29. The Morgan fingerprint density at radius 3 is 2.75 bits per heavy atom. The molecule has 1 aromatic rings. The molecule has 0 aliphatic rings. The Balaban J connectivity index is 2.90. The molecule has 0 saturated heterocycles. The Hall–Kier alpha value is 0.0200. The molecule has 12 heavy (non-hydrogen) atoms. The smallest absolute Gasteiger partial charge is 0.388 e. The van der Waals surface area contributed by atoms with E-state index in [2.05, 4.69) is 25.7 Å². The fraction of sp³-hybridized carbons (Fsp3) is 0.167. The molecule has 2 nitrogen and oxygen atoms in total. The minimum absolute atomic E-state index is 0.0862. The second kappa shape index (κ2) is 4.31. The van der Waals surface area contributed by atoms with Crippen LogP contribution in [0.15, 0.2) is 16.6 Å². The fourth-order valence-corrected chi connectivity index (χ4v) is 1.28. The van der Waals surface area contributed by atoms with Gasteiger partial charge >= 0.3 is 6.61 Å². The van der Waals surface area contributed by atoms with Gasteiger partial charge in [-0.05, 0) is 50.7 Å². The lowest BCUT2D eigenvalue weighted by Crippen LogP contribution is -2.04. The largest absolute Gasteiger partial charge is 0.416 e. The molecule has 6 heteroatoms. The van der Waals surface area contributed by atoms with E-state index in [-0.39, 0.29) is 5.88 Å². The SMILES string of the molecule is FC(F)Oc1nc(I)ccc1Br. The summed E-state index contributed by atoms with van der Waals surface area (Å²) in [7, 11) is 0. The molecule has 0 amide bonds. The quantitative estimate of drug-likeness (QED) is 0.604. The molecule has 1 heterocycles. The average molecular weight is 350 g/mol. The number of pyridine rings is 1. The number of hydrogen-bond acceptors (Lipinski definition) is 2. The van der Waals surface area contributed by atoms with E-state index in [1.807, 2.05) is 22.6 Å². The third-order valence-electron chi connectivity index (χ3n) is 0.981. The molecular weight excluding hydrogens is 347 g/mol. The molecule has 0 aliphatic carbocycles. The Labute approximate surface area is 89.6 Å². The molecule has 0 saturated carbocycles. The Bertz CT molecular complexity index is 284. The average Bonchev–Trinajstić information content (AvgIpc) is 1.96. The summed E-state index contributed by atoms with van der Waals surface area (Å²) in [5.74, 6) is -0.0862. The number of halogens is 4. The van der Waals surface area contributed by atoms with E-state index in [0.717, 1.165) is 0 Å². The summed E-state index contributed by atoms with van der Waals surface area (Å²) in [5.41, 5.74) is 0.